The number of anilines is 2. The minimum absolute atomic E-state index is 0.175. The van der Waals surface area contributed by atoms with Crippen molar-refractivity contribution in [2.45, 2.75) is 6.54 Å². The van der Waals surface area contributed by atoms with Crippen LogP contribution in [0.2, 0.25) is 10.0 Å². The predicted molar refractivity (Wildman–Crippen MR) is 98.0 cm³/mol. The molecule has 0 radical (unpaired) electrons. The maximum absolute atomic E-state index is 12.2. The number of nitrogens with one attached hydrogen (secondary N) is 2. The summed E-state index contributed by atoms with van der Waals surface area (Å²) in [6.45, 7) is 0.515. The number of hydrogen-bond donors (Lipinski definition) is 2. The molecular weight excluding hydrogens is 361 g/mol. The minimum Gasteiger partial charge on any atom is -0.363 e. The minimum atomic E-state index is -0.409. The molecule has 0 atom stereocenters. The number of carbonyl (C=O) groups is 1. The summed E-state index contributed by atoms with van der Waals surface area (Å²) in [7, 11) is 0. The Bertz CT molecular complexity index is 872. The van der Waals surface area contributed by atoms with Crippen LogP contribution in [0.25, 0.3) is 0 Å². The highest BCUT2D eigenvalue weighted by Gasteiger charge is 2.11. The van der Waals surface area contributed by atoms with Crippen molar-refractivity contribution in [3.8, 4) is 0 Å². The second kappa shape index (κ2) is 7.92. The highest BCUT2D eigenvalue weighted by Crippen LogP contribution is 2.25. The van der Waals surface area contributed by atoms with Crippen molar-refractivity contribution in [2.24, 2.45) is 0 Å². The van der Waals surface area contributed by atoms with Gasteiger partial charge in [-0.3, -0.25) is 9.78 Å². The fourth-order valence-corrected chi connectivity index (χ4v) is 2.46. The van der Waals surface area contributed by atoms with Crippen LogP contribution in [0.15, 0.2) is 54.7 Å². The molecule has 0 spiro atoms. The molecule has 0 aliphatic carbocycles. The van der Waals surface area contributed by atoms with E-state index in [2.05, 4.69) is 25.8 Å². The Morgan fingerprint density at radius 2 is 1.92 bits per heavy atom. The van der Waals surface area contributed by atoms with E-state index in [0.717, 1.165) is 5.69 Å². The first-order valence-corrected chi connectivity index (χ1v) is 8.11. The Hall–Kier alpha value is -2.70. The lowest BCUT2D eigenvalue weighted by molar-refractivity contribution is 0.102. The lowest BCUT2D eigenvalue weighted by Gasteiger charge is -2.08. The number of halogens is 2. The average Bonchev–Trinajstić information content (AvgIpc) is 2.63. The van der Waals surface area contributed by atoms with Gasteiger partial charge in [0.2, 0.25) is 0 Å². The first-order chi connectivity index (χ1) is 12.1. The smallest absolute Gasteiger partial charge is 0.276 e. The fourth-order valence-electron chi connectivity index (χ4n) is 2.01. The monoisotopic (exact) mass is 373 g/mol. The number of nitrogens with zero attached hydrogens (tertiary/aromatic N) is 3. The number of pyridine rings is 1. The zero-order valence-electron chi connectivity index (χ0n) is 12.9. The molecule has 2 aromatic heterocycles. The largest absolute Gasteiger partial charge is 0.363 e. The molecule has 3 aromatic rings. The second-order valence-corrected chi connectivity index (χ2v) is 5.90. The van der Waals surface area contributed by atoms with Crippen LogP contribution < -0.4 is 10.6 Å². The van der Waals surface area contributed by atoms with Crippen molar-refractivity contribution >= 4 is 40.6 Å². The third-order valence-corrected chi connectivity index (χ3v) is 3.80. The number of rotatable bonds is 5. The van der Waals surface area contributed by atoms with Crippen molar-refractivity contribution in [3.05, 3.63) is 76.2 Å². The molecular formula is C17H13Cl2N5O. The summed E-state index contributed by atoms with van der Waals surface area (Å²) in [4.78, 5) is 16.4. The Labute approximate surface area is 154 Å². The van der Waals surface area contributed by atoms with Crippen LogP contribution in [-0.2, 0) is 6.54 Å². The standard InChI is InChI=1S/C17H13Cl2N5O/c18-11-4-5-14(13(19)9-11)22-17(25)15-6-7-16(24-23-15)21-10-12-3-1-2-8-20-12/h1-9H,10H2,(H,21,24)(H,22,25). The van der Waals surface area contributed by atoms with E-state index in [1.165, 1.54) is 0 Å². The van der Waals surface area contributed by atoms with E-state index in [-0.39, 0.29) is 5.69 Å². The maximum atomic E-state index is 12.2. The summed E-state index contributed by atoms with van der Waals surface area (Å²) in [5.41, 5.74) is 1.51. The molecule has 25 heavy (non-hydrogen) atoms. The average molecular weight is 374 g/mol. The first kappa shape index (κ1) is 17.1. The molecule has 2 heterocycles. The molecule has 0 saturated heterocycles. The summed E-state index contributed by atoms with van der Waals surface area (Å²) >= 11 is 11.9. The molecule has 8 heteroatoms. The van der Waals surface area contributed by atoms with Gasteiger partial charge >= 0.3 is 0 Å². The Morgan fingerprint density at radius 1 is 1.04 bits per heavy atom. The lowest BCUT2D eigenvalue weighted by atomic mass is 10.3. The summed E-state index contributed by atoms with van der Waals surface area (Å²) in [6.07, 6.45) is 1.72. The summed E-state index contributed by atoms with van der Waals surface area (Å²) in [6, 6.07) is 13.7. The van der Waals surface area contributed by atoms with Gasteiger partial charge in [0.05, 0.1) is 22.9 Å². The van der Waals surface area contributed by atoms with Crippen molar-refractivity contribution in [1.29, 1.82) is 0 Å². The Balaban J connectivity index is 1.62. The van der Waals surface area contributed by atoms with Gasteiger partial charge < -0.3 is 10.6 Å². The van der Waals surface area contributed by atoms with E-state index in [1.54, 1.807) is 36.5 Å². The van der Waals surface area contributed by atoms with Crippen molar-refractivity contribution in [1.82, 2.24) is 15.2 Å². The summed E-state index contributed by atoms with van der Waals surface area (Å²) in [5.74, 6) is 0.139. The number of hydrogen-bond acceptors (Lipinski definition) is 5. The molecule has 0 bridgehead atoms. The molecule has 3 rings (SSSR count). The Morgan fingerprint density at radius 3 is 2.60 bits per heavy atom. The van der Waals surface area contributed by atoms with Gasteiger partial charge in [0, 0.05) is 11.2 Å². The van der Waals surface area contributed by atoms with Crippen LogP contribution >= 0.6 is 23.2 Å². The first-order valence-electron chi connectivity index (χ1n) is 7.36. The molecule has 1 aromatic carbocycles. The van der Waals surface area contributed by atoms with Gasteiger partial charge in [-0.25, -0.2) is 0 Å². The normalized spacial score (nSPS) is 10.3. The quantitative estimate of drug-likeness (QED) is 0.705. The molecule has 6 nitrogen and oxygen atoms in total. The van der Waals surface area contributed by atoms with E-state index >= 15 is 0 Å². The van der Waals surface area contributed by atoms with E-state index in [9.17, 15) is 4.79 Å². The molecule has 0 unspecified atom stereocenters. The van der Waals surface area contributed by atoms with Gasteiger partial charge in [-0.05, 0) is 42.5 Å². The lowest BCUT2D eigenvalue weighted by Crippen LogP contribution is -2.15. The van der Waals surface area contributed by atoms with Crippen molar-refractivity contribution in [2.75, 3.05) is 10.6 Å². The maximum Gasteiger partial charge on any atom is 0.276 e. The van der Waals surface area contributed by atoms with Gasteiger partial charge in [-0.2, -0.15) is 0 Å². The summed E-state index contributed by atoms with van der Waals surface area (Å²) in [5, 5.41) is 14.5. The van der Waals surface area contributed by atoms with Gasteiger partial charge in [0.1, 0.15) is 5.82 Å². The van der Waals surface area contributed by atoms with Crippen LogP contribution in [0.4, 0.5) is 11.5 Å². The highest BCUT2D eigenvalue weighted by molar-refractivity contribution is 6.36. The van der Waals surface area contributed by atoms with E-state index in [4.69, 9.17) is 23.2 Å². The van der Waals surface area contributed by atoms with Crippen LogP contribution in [0.3, 0.4) is 0 Å². The SMILES string of the molecule is O=C(Nc1ccc(Cl)cc1Cl)c1ccc(NCc2ccccn2)nn1. The van der Waals surface area contributed by atoms with Crippen LogP contribution in [0.5, 0.6) is 0 Å². The van der Waals surface area contributed by atoms with Crippen LogP contribution in [-0.4, -0.2) is 21.1 Å². The molecule has 1 amide bonds. The number of carbonyl (C=O) groups excluding carboxylic acids is 1. The second-order valence-electron chi connectivity index (χ2n) is 5.06. The molecule has 0 aliphatic heterocycles. The van der Waals surface area contributed by atoms with E-state index < -0.39 is 5.91 Å². The van der Waals surface area contributed by atoms with Crippen LogP contribution in [0, 0.1) is 0 Å². The van der Waals surface area contributed by atoms with Gasteiger partial charge in [-0.1, -0.05) is 29.3 Å². The number of amides is 1. The topological polar surface area (TPSA) is 79.8 Å². The number of benzene rings is 1. The molecule has 0 aliphatic rings. The molecule has 0 saturated carbocycles. The fraction of sp³-hybridized carbons (Fsp3) is 0.0588. The van der Waals surface area contributed by atoms with Crippen LogP contribution in [0.1, 0.15) is 16.2 Å². The van der Waals surface area contributed by atoms with Crippen molar-refractivity contribution in [3.63, 3.8) is 0 Å². The van der Waals surface area contributed by atoms with Crippen molar-refractivity contribution < 1.29 is 4.79 Å². The van der Waals surface area contributed by atoms with Gasteiger partial charge in [0.15, 0.2) is 5.69 Å². The molecule has 126 valence electrons. The molecule has 2 N–H and O–H groups in total. The highest BCUT2D eigenvalue weighted by atomic mass is 35.5. The predicted octanol–water partition coefficient (Wildman–Crippen LogP) is 4.04. The molecule has 0 fully saturated rings. The number of aromatic nitrogens is 3. The third-order valence-electron chi connectivity index (χ3n) is 3.25. The van der Waals surface area contributed by atoms with E-state index in [0.29, 0.717) is 28.1 Å². The summed E-state index contributed by atoms with van der Waals surface area (Å²) < 4.78 is 0. The van der Waals surface area contributed by atoms with Gasteiger partial charge in [0.25, 0.3) is 5.91 Å². The van der Waals surface area contributed by atoms with E-state index in [1.807, 2.05) is 18.2 Å². The van der Waals surface area contributed by atoms with Gasteiger partial charge in [-0.15, -0.1) is 10.2 Å². The third kappa shape index (κ3) is 4.65. The zero-order valence-corrected chi connectivity index (χ0v) is 14.4. The zero-order chi connectivity index (χ0) is 17.6. The Kier molecular flexibility index (Phi) is 5.42.